The Labute approximate surface area is 147 Å². The van der Waals surface area contributed by atoms with E-state index in [0.29, 0.717) is 30.7 Å². The fraction of sp³-hybridized carbons (Fsp3) is 0.500. The number of nitrogens with one attached hydrogen (secondary N) is 1. The summed E-state index contributed by atoms with van der Waals surface area (Å²) >= 11 is 0. The summed E-state index contributed by atoms with van der Waals surface area (Å²) in [4.78, 5) is 18.4. The highest BCUT2D eigenvalue weighted by Crippen LogP contribution is 2.35. The predicted molar refractivity (Wildman–Crippen MR) is 91.9 cm³/mol. The molecule has 1 heterocycles. The van der Waals surface area contributed by atoms with E-state index in [1.165, 1.54) is 11.1 Å². The number of nitrogens with zero attached hydrogens (tertiary/aromatic N) is 3. The van der Waals surface area contributed by atoms with Crippen molar-refractivity contribution in [3.8, 4) is 0 Å². The van der Waals surface area contributed by atoms with Gasteiger partial charge in [-0.3, -0.25) is 0 Å². The molecule has 2 aromatic rings. The number of urea groups is 1. The Morgan fingerprint density at radius 3 is 3.04 bits per heavy atom. The van der Waals surface area contributed by atoms with E-state index in [2.05, 4.69) is 34.5 Å². The van der Waals surface area contributed by atoms with Gasteiger partial charge >= 0.3 is 6.03 Å². The van der Waals surface area contributed by atoms with Gasteiger partial charge in [-0.1, -0.05) is 36.3 Å². The van der Waals surface area contributed by atoms with Crippen molar-refractivity contribution in [3.63, 3.8) is 0 Å². The van der Waals surface area contributed by atoms with Gasteiger partial charge in [0.15, 0.2) is 5.82 Å². The number of aromatic nitrogens is 2. The van der Waals surface area contributed by atoms with Crippen LogP contribution in [0.25, 0.3) is 0 Å². The minimum Gasteiger partial charge on any atom is -0.384 e. The molecule has 0 aliphatic heterocycles. The van der Waals surface area contributed by atoms with Gasteiger partial charge in [0, 0.05) is 20.6 Å². The quantitative estimate of drug-likeness (QED) is 0.870. The molecule has 0 fully saturated rings. The summed E-state index contributed by atoms with van der Waals surface area (Å²) in [6.07, 6.45) is 1.57. The van der Waals surface area contributed by atoms with E-state index < -0.39 is 0 Å². The molecule has 25 heavy (non-hydrogen) atoms. The lowest BCUT2D eigenvalue weighted by Gasteiger charge is -2.23. The maximum Gasteiger partial charge on any atom is 0.318 e. The molecular formula is C18H24N4O3. The van der Waals surface area contributed by atoms with Crippen LogP contribution >= 0.6 is 0 Å². The lowest BCUT2D eigenvalue weighted by Crippen LogP contribution is -2.40. The molecule has 1 aliphatic rings. The molecular weight excluding hydrogens is 320 g/mol. The normalized spacial score (nSPS) is 18.8. The molecule has 0 saturated heterocycles. The Morgan fingerprint density at radius 1 is 1.44 bits per heavy atom. The molecule has 2 amide bonds. The average Bonchev–Trinajstić information content (AvgIpc) is 3.17. The first kappa shape index (κ1) is 17.4. The summed E-state index contributed by atoms with van der Waals surface area (Å²) < 4.78 is 10.2. The summed E-state index contributed by atoms with van der Waals surface area (Å²) in [6.45, 7) is 2.97. The Kier molecular flexibility index (Phi) is 5.33. The van der Waals surface area contributed by atoms with Crippen LogP contribution in [0.15, 0.2) is 28.8 Å². The number of carbonyl (C=O) groups excluding carboxylic acids is 1. The van der Waals surface area contributed by atoms with Gasteiger partial charge in [0.05, 0.1) is 12.6 Å². The van der Waals surface area contributed by atoms with Crippen LogP contribution in [-0.2, 0) is 24.1 Å². The average molecular weight is 344 g/mol. The Morgan fingerprint density at radius 2 is 2.24 bits per heavy atom. The molecule has 1 aromatic heterocycles. The van der Waals surface area contributed by atoms with Crippen LogP contribution in [0.5, 0.6) is 0 Å². The zero-order valence-corrected chi connectivity index (χ0v) is 14.9. The van der Waals surface area contributed by atoms with Crippen LogP contribution in [-0.4, -0.2) is 41.8 Å². The summed E-state index contributed by atoms with van der Waals surface area (Å²) in [5.41, 5.74) is 2.51. The standard InChI is InChI=1S/C18H24N4O3/c1-12-10-13-6-4-5-7-14(13)17(12)20-18(23)22(2)11-16-19-15(21-25-16)8-9-24-3/h4-7,12,17H,8-11H2,1-3H3,(H,20,23)/t12-,17-/m0/s1. The van der Waals surface area contributed by atoms with Gasteiger partial charge in [0.25, 0.3) is 0 Å². The summed E-state index contributed by atoms with van der Waals surface area (Å²) in [6, 6.07) is 8.15. The molecule has 2 atom stereocenters. The smallest absolute Gasteiger partial charge is 0.318 e. The molecule has 1 aromatic carbocycles. The molecule has 0 saturated carbocycles. The number of ether oxygens (including phenoxy) is 1. The minimum absolute atomic E-state index is 0.0334. The van der Waals surface area contributed by atoms with Gasteiger partial charge in [-0.15, -0.1) is 0 Å². The van der Waals surface area contributed by atoms with E-state index >= 15 is 0 Å². The second-order valence-electron chi connectivity index (χ2n) is 6.51. The van der Waals surface area contributed by atoms with Crippen LogP contribution in [0, 0.1) is 5.92 Å². The molecule has 0 bridgehead atoms. The van der Waals surface area contributed by atoms with Crippen LogP contribution in [0.2, 0.25) is 0 Å². The highest BCUT2D eigenvalue weighted by molar-refractivity contribution is 5.74. The molecule has 3 rings (SSSR count). The van der Waals surface area contributed by atoms with Crippen molar-refractivity contribution in [2.24, 2.45) is 5.92 Å². The van der Waals surface area contributed by atoms with Gasteiger partial charge in [-0.25, -0.2) is 4.79 Å². The third-order valence-electron chi connectivity index (χ3n) is 4.54. The Balaban J connectivity index is 1.59. The van der Waals surface area contributed by atoms with Crippen molar-refractivity contribution in [2.75, 3.05) is 20.8 Å². The first-order valence-electron chi connectivity index (χ1n) is 8.48. The van der Waals surface area contributed by atoms with E-state index in [4.69, 9.17) is 9.26 Å². The minimum atomic E-state index is -0.148. The maximum absolute atomic E-state index is 12.5. The lowest BCUT2D eigenvalue weighted by atomic mass is 10.0. The molecule has 0 radical (unpaired) electrons. The molecule has 7 heteroatoms. The SMILES string of the molecule is COCCc1noc(CN(C)C(=O)N[C@@H]2c3ccccc3C[C@@H]2C)n1. The van der Waals surface area contributed by atoms with Gasteiger partial charge in [0.1, 0.15) is 6.54 Å². The van der Waals surface area contributed by atoms with Crippen molar-refractivity contribution in [1.82, 2.24) is 20.4 Å². The Bertz CT molecular complexity index is 731. The number of carbonyl (C=O) groups is 1. The third kappa shape index (κ3) is 3.99. The van der Waals surface area contributed by atoms with E-state index in [1.807, 2.05) is 12.1 Å². The number of benzene rings is 1. The topological polar surface area (TPSA) is 80.5 Å². The first-order valence-corrected chi connectivity index (χ1v) is 8.48. The monoisotopic (exact) mass is 344 g/mol. The molecule has 0 unspecified atom stereocenters. The predicted octanol–water partition coefficient (Wildman–Crippen LogP) is 2.33. The molecule has 134 valence electrons. The number of amides is 2. The number of rotatable bonds is 6. The van der Waals surface area contributed by atoms with E-state index in [0.717, 1.165) is 6.42 Å². The fourth-order valence-electron chi connectivity index (χ4n) is 3.18. The largest absolute Gasteiger partial charge is 0.384 e. The summed E-state index contributed by atoms with van der Waals surface area (Å²) in [5.74, 6) is 1.38. The first-order chi connectivity index (χ1) is 12.1. The fourth-order valence-corrected chi connectivity index (χ4v) is 3.18. The molecule has 7 nitrogen and oxygen atoms in total. The van der Waals surface area contributed by atoms with E-state index in [1.54, 1.807) is 19.1 Å². The van der Waals surface area contributed by atoms with Gasteiger partial charge in [0.2, 0.25) is 5.89 Å². The highest BCUT2D eigenvalue weighted by Gasteiger charge is 2.31. The Hall–Kier alpha value is -2.41. The van der Waals surface area contributed by atoms with Crippen molar-refractivity contribution < 1.29 is 14.1 Å². The van der Waals surface area contributed by atoms with E-state index in [9.17, 15) is 4.79 Å². The van der Waals surface area contributed by atoms with E-state index in [-0.39, 0.29) is 18.6 Å². The van der Waals surface area contributed by atoms with Crippen molar-refractivity contribution >= 4 is 6.03 Å². The van der Waals surface area contributed by atoms with Crippen molar-refractivity contribution in [3.05, 3.63) is 47.1 Å². The third-order valence-corrected chi connectivity index (χ3v) is 4.54. The highest BCUT2D eigenvalue weighted by atomic mass is 16.5. The van der Waals surface area contributed by atoms with Crippen LogP contribution in [0.4, 0.5) is 4.79 Å². The molecule has 1 N–H and O–H groups in total. The molecule has 1 aliphatic carbocycles. The number of fused-ring (bicyclic) bond motifs is 1. The summed E-state index contributed by atoms with van der Waals surface area (Å²) in [7, 11) is 3.35. The van der Waals surface area contributed by atoms with Crippen molar-refractivity contribution in [1.29, 1.82) is 0 Å². The number of methoxy groups -OCH3 is 1. The van der Waals surface area contributed by atoms with Crippen molar-refractivity contribution in [2.45, 2.75) is 32.4 Å². The second-order valence-corrected chi connectivity index (χ2v) is 6.51. The van der Waals surface area contributed by atoms with Crippen LogP contribution < -0.4 is 5.32 Å². The summed E-state index contributed by atoms with van der Waals surface area (Å²) in [5, 5.41) is 7.01. The molecule has 0 spiro atoms. The maximum atomic E-state index is 12.5. The van der Waals surface area contributed by atoms with Crippen LogP contribution in [0.1, 0.15) is 35.8 Å². The van der Waals surface area contributed by atoms with Gasteiger partial charge in [-0.2, -0.15) is 4.98 Å². The van der Waals surface area contributed by atoms with Crippen LogP contribution in [0.3, 0.4) is 0 Å². The van der Waals surface area contributed by atoms with Gasteiger partial charge < -0.3 is 19.5 Å². The lowest BCUT2D eigenvalue weighted by molar-refractivity contribution is 0.192. The zero-order valence-electron chi connectivity index (χ0n) is 14.9. The second kappa shape index (κ2) is 7.65. The zero-order chi connectivity index (χ0) is 17.8. The number of hydrogen-bond acceptors (Lipinski definition) is 5. The number of hydrogen-bond donors (Lipinski definition) is 1. The van der Waals surface area contributed by atoms with Gasteiger partial charge in [-0.05, 0) is 23.5 Å².